The minimum absolute atomic E-state index is 0.0836. The summed E-state index contributed by atoms with van der Waals surface area (Å²) in [5.74, 6) is 8.88. The Hall–Kier alpha value is -3.90. The summed E-state index contributed by atoms with van der Waals surface area (Å²) in [5.41, 5.74) is 1.57. The monoisotopic (exact) mass is 518 g/mol. The van der Waals surface area contributed by atoms with Crippen LogP contribution in [0.5, 0.6) is 5.75 Å². The summed E-state index contributed by atoms with van der Waals surface area (Å²) in [6.45, 7) is 2.47. The Bertz CT molecular complexity index is 1190. The van der Waals surface area contributed by atoms with Gasteiger partial charge in [0.1, 0.15) is 5.75 Å². The van der Waals surface area contributed by atoms with Crippen LogP contribution in [0.25, 0.3) is 0 Å². The van der Waals surface area contributed by atoms with Crippen LogP contribution in [-0.2, 0) is 9.59 Å². The first-order valence-electron chi connectivity index (χ1n) is 12.8. The number of carbonyl (C=O) groups excluding carboxylic acids is 2. The van der Waals surface area contributed by atoms with Gasteiger partial charge in [0.05, 0.1) is 24.9 Å². The zero-order chi connectivity index (χ0) is 27.7. The maximum atomic E-state index is 12.8. The molecule has 1 aromatic carbocycles. The molecule has 1 heterocycles. The quantitative estimate of drug-likeness (QED) is 0.344. The number of amides is 1. The molecule has 1 atom stereocenters. The van der Waals surface area contributed by atoms with Gasteiger partial charge >= 0.3 is 0 Å². The van der Waals surface area contributed by atoms with Gasteiger partial charge in [0, 0.05) is 44.7 Å². The van der Waals surface area contributed by atoms with E-state index in [1.165, 1.54) is 11.0 Å². The minimum atomic E-state index is -0.453. The second-order valence-corrected chi connectivity index (χ2v) is 9.82. The molecule has 0 saturated heterocycles. The Balaban J connectivity index is 1.55. The van der Waals surface area contributed by atoms with E-state index in [0.29, 0.717) is 30.3 Å². The van der Waals surface area contributed by atoms with Crippen molar-refractivity contribution < 1.29 is 14.3 Å². The average molecular weight is 519 g/mol. The van der Waals surface area contributed by atoms with Crippen LogP contribution in [0, 0.1) is 23.7 Å². The molecule has 0 bridgehead atoms. The smallest absolute Gasteiger partial charge is 0.246 e. The first-order valence-corrected chi connectivity index (χ1v) is 12.8. The molecule has 0 aliphatic heterocycles. The molecule has 0 radical (unpaired) electrons. The lowest BCUT2D eigenvalue weighted by molar-refractivity contribution is -0.134. The van der Waals surface area contributed by atoms with Crippen LogP contribution in [0.2, 0.25) is 0 Å². The summed E-state index contributed by atoms with van der Waals surface area (Å²) in [5, 5.41) is 6.27. The SMILES string of the molecule is CNc1ncc(C#CC2CC(CC(=O)[C@H](C)N(C)C(=O)/C=C/CN(C)C)C2)c(Nc2ccc(OC)cc2)n1. The number of methoxy groups -OCH3 is 1. The number of hydrogen-bond acceptors (Lipinski definition) is 8. The van der Waals surface area contributed by atoms with Crippen molar-refractivity contribution in [3.05, 3.63) is 48.2 Å². The van der Waals surface area contributed by atoms with Crippen LogP contribution in [-0.4, -0.2) is 79.3 Å². The third kappa shape index (κ3) is 8.05. The molecule has 1 aromatic heterocycles. The second-order valence-electron chi connectivity index (χ2n) is 9.82. The molecule has 1 saturated carbocycles. The number of nitrogens with zero attached hydrogens (tertiary/aromatic N) is 4. The molecule has 202 valence electrons. The lowest BCUT2D eigenvalue weighted by Crippen LogP contribution is -2.41. The number of ether oxygens (including phenoxy) is 1. The second kappa shape index (κ2) is 13.6. The maximum Gasteiger partial charge on any atom is 0.246 e. The van der Waals surface area contributed by atoms with Gasteiger partial charge in [0.15, 0.2) is 11.6 Å². The Morgan fingerprint density at radius 2 is 1.92 bits per heavy atom. The molecule has 0 spiro atoms. The van der Waals surface area contributed by atoms with Crippen molar-refractivity contribution in [3.8, 4) is 17.6 Å². The Morgan fingerprint density at radius 1 is 1.21 bits per heavy atom. The number of rotatable bonds is 11. The van der Waals surface area contributed by atoms with Gasteiger partial charge in [-0.05, 0) is 64.0 Å². The Morgan fingerprint density at radius 3 is 2.55 bits per heavy atom. The number of Topliss-reactive ketones (excluding diaryl/α,β-unsaturated/α-hetero) is 1. The summed E-state index contributed by atoms with van der Waals surface area (Å²) in [6, 6.07) is 7.12. The summed E-state index contributed by atoms with van der Waals surface area (Å²) >= 11 is 0. The summed E-state index contributed by atoms with van der Waals surface area (Å²) < 4.78 is 5.22. The molecule has 1 amide bonds. The molecule has 38 heavy (non-hydrogen) atoms. The number of benzene rings is 1. The van der Waals surface area contributed by atoms with Crippen LogP contribution in [0.4, 0.5) is 17.5 Å². The first-order chi connectivity index (χ1) is 18.2. The number of anilines is 3. The molecule has 1 aliphatic rings. The van der Waals surface area contributed by atoms with E-state index in [1.807, 2.05) is 43.3 Å². The third-order valence-corrected chi connectivity index (χ3v) is 6.63. The maximum absolute atomic E-state index is 12.8. The van der Waals surface area contributed by atoms with Crippen LogP contribution in [0.15, 0.2) is 42.6 Å². The molecule has 9 nitrogen and oxygen atoms in total. The number of aromatic nitrogens is 2. The highest BCUT2D eigenvalue weighted by molar-refractivity contribution is 5.93. The van der Waals surface area contributed by atoms with E-state index in [0.717, 1.165) is 24.3 Å². The van der Waals surface area contributed by atoms with Crippen molar-refractivity contribution in [2.45, 2.75) is 32.2 Å². The third-order valence-electron chi connectivity index (χ3n) is 6.63. The van der Waals surface area contributed by atoms with Crippen molar-refractivity contribution in [1.29, 1.82) is 0 Å². The molecule has 9 heteroatoms. The molecule has 0 unspecified atom stereocenters. The number of carbonyl (C=O) groups is 2. The van der Waals surface area contributed by atoms with Gasteiger partial charge in [-0.1, -0.05) is 17.9 Å². The Kier molecular flexibility index (Phi) is 10.3. The van der Waals surface area contributed by atoms with Crippen LogP contribution < -0.4 is 15.4 Å². The van der Waals surface area contributed by atoms with Crippen LogP contribution >= 0.6 is 0 Å². The molecule has 2 N–H and O–H groups in total. The lowest BCUT2D eigenvalue weighted by atomic mass is 9.72. The van der Waals surface area contributed by atoms with E-state index in [1.54, 1.807) is 40.4 Å². The zero-order valence-corrected chi connectivity index (χ0v) is 23.1. The molecular formula is C29H38N6O3. The zero-order valence-electron chi connectivity index (χ0n) is 23.1. The summed E-state index contributed by atoms with van der Waals surface area (Å²) in [7, 11) is 8.95. The van der Waals surface area contributed by atoms with Crippen molar-refractivity contribution in [3.63, 3.8) is 0 Å². The van der Waals surface area contributed by atoms with Gasteiger partial charge in [-0.3, -0.25) is 9.59 Å². The van der Waals surface area contributed by atoms with Gasteiger partial charge in [-0.25, -0.2) is 4.98 Å². The van der Waals surface area contributed by atoms with Crippen molar-refractivity contribution >= 4 is 29.1 Å². The fourth-order valence-electron chi connectivity index (χ4n) is 4.04. The fourth-order valence-corrected chi connectivity index (χ4v) is 4.04. The largest absolute Gasteiger partial charge is 0.497 e. The van der Waals surface area contributed by atoms with Gasteiger partial charge in [0.2, 0.25) is 11.9 Å². The first kappa shape index (κ1) is 28.7. The van der Waals surface area contributed by atoms with E-state index in [4.69, 9.17) is 4.74 Å². The lowest BCUT2D eigenvalue weighted by Gasteiger charge is -2.33. The predicted octanol–water partition coefficient (Wildman–Crippen LogP) is 3.57. The standard InChI is InChI=1S/C29H38N6O3/c1-20(35(5)27(37)8-7-15-34(3)4)26(36)18-22-16-21(17-22)9-10-23-19-31-29(30-2)33-28(23)32-24-11-13-25(38-6)14-12-24/h7-8,11-14,19-22H,15-18H2,1-6H3,(H2,30,31,32,33)/b8-7+/t20-,21?,22?/m0/s1. The fraction of sp³-hybridized carbons (Fsp3) is 0.448. The molecule has 1 aliphatic carbocycles. The molecule has 1 fully saturated rings. The van der Waals surface area contributed by atoms with Crippen LogP contribution in [0.3, 0.4) is 0 Å². The number of hydrogen-bond donors (Lipinski definition) is 2. The molecular weight excluding hydrogens is 480 g/mol. The van der Waals surface area contributed by atoms with E-state index in [9.17, 15) is 9.59 Å². The van der Waals surface area contributed by atoms with Crippen LogP contribution in [0.1, 0.15) is 31.7 Å². The normalized spacial score (nSPS) is 17.2. The van der Waals surface area contributed by atoms with Crippen molar-refractivity contribution in [2.75, 3.05) is 52.5 Å². The highest BCUT2D eigenvalue weighted by atomic mass is 16.5. The van der Waals surface area contributed by atoms with Gasteiger partial charge in [-0.15, -0.1) is 0 Å². The highest BCUT2D eigenvalue weighted by Gasteiger charge is 2.32. The van der Waals surface area contributed by atoms with Gasteiger partial charge in [0.25, 0.3) is 0 Å². The summed E-state index contributed by atoms with van der Waals surface area (Å²) in [6.07, 6.45) is 7.23. The number of likely N-dealkylation sites (N-methyl/N-ethyl adjacent to an activating group) is 2. The highest BCUT2D eigenvalue weighted by Crippen LogP contribution is 2.36. The average Bonchev–Trinajstić information content (AvgIpc) is 2.89. The topological polar surface area (TPSA) is 99.7 Å². The Labute approximate surface area is 225 Å². The van der Waals surface area contributed by atoms with E-state index < -0.39 is 6.04 Å². The summed E-state index contributed by atoms with van der Waals surface area (Å²) in [4.78, 5) is 37.4. The molecule has 2 aromatic rings. The van der Waals surface area contributed by atoms with Gasteiger partial charge in [-0.2, -0.15) is 4.98 Å². The van der Waals surface area contributed by atoms with Crippen molar-refractivity contribution in [2.24, 2.45) is 11.8 Å². The number of nitrogens with one attached hydrogen (secondary N) is 2. The van der Waals surface area contributed by atoms with E-state index >= 15 is 0 Å². The van der Waals surface area contributed by atoms with Gasteiger partial charge < -0.3 is 25.2 Å². The minimum Gasteiger partial charge on any atom is -0.497 e. The van der Waals surface area contributed by atoms with E-state index in [-0.39, 0.29) is 23.5 Å². The predicted molar refractivity (Wildman–Crippen MR) is 150 cm³/mol. The van der Waals surface area contributed by atoms with E-state index in [2.05, 4.69) is 32.4 Å². The number of ketones is 1. The molecule has 3 rings (SSSR count). The van der Waals surface area contributed by atoms with Crippen molar-refractivity contribution in [1.82, 2.24) is 19.8 Å².